The molecule has 0 aliphatic carbocycles. The molecule has 0 radical (unpaired) electrons. The summed E-state index contributed by atoms with van der Waals surface area (Å²) in [5.41, 5.74) is 2.61. The lowest BCUT2D eigenvalue weighted by Gasteiger charge is -2.09. The molecule has 146 valence electrons. The lowest BCUT2D eigenvalue weighted by Crippen LogP contribution is -2.08. The summed E-state index contributed by atoms with van der Waals surface area (Å²) in [5.74, 6) is 1.21. The minimum atomic E-state index is -3.73. The van der Waals surface area contributed by atoms with Gasteiger partial charge in [0.2, 0.25) is 9.84 Å². The summed E-state index contributed by atoms with van der Waals surface area (Å²) in [7, 11) is -3.73. The Morgan fingerprint density at radius 2 is 1.33 bits per heavy atom. The molecule has 0 N–H and O–H groups in total. The zero-order valence-corrected chi connectivity index (χ0v) is 16.6. The number of hydrogen-bond acceptors (Lipinski definition) is 5. The van der Waals surface area contributed by atoms with Crippen molar-refractivity contribution in [3.8, 4) is 17.2 Å². The maximum absolute atomic E-state index is 12.8. The molecule has 0 bridgehead atoms. The molecule has 0 atom stereocenters. The van der Waals surface area contributed by atoms with Crippen molar-refractivity contribution in [3.05, 3.63) is 97.1 Å². The minimum Gasteiger partial charge on any atom is -0.275 e. The monoisotopic (exact) mass is 412 g/mol. The highest BCUT2D eigenvalue weighted by atomic mass is 32.2. The molecule has 0 saturated heterocycles. The summed E-state index contributed by atoms with van der Waals surface area (Å²) in [4.78, 5) is 4.94. The van der Waals surface area contributed by atoms with Crippen molar-refractivity contribution in [1.29, 1.82) is 0 Å². The molecule has 0 unspecified atom stereocenters. The van der Waals surface area contributed by atoms with E-state index >= 15 is 0 Å². The number of benzene rings is 3. The van der Waals surface area contributed by atoms with Gasteiger partial charge in [0.25, 0.3) is 0 Å². The van der Waals surface area contributed by atoms with Crippen LogP contribution in [0.25, 0.3) is 28.2 Å². The zero-order chi connectivity index (χ0) is 20.6. The molecule has 2 heterocycles. The van der Waals surface area contributed by atoms with Crippen molar-refractivity contribution >= 4 is 20.9 Å². The third-order valence-corrected chi connectivity index (χ3v) is 6.44. The van der Waals surface area contributed by atoms with Gasteiger partial charge in [-0.15, -0.1) is 10.2 Å². The van der Waals surface area contributed by atoms with Crippen LogP contribution in [0.1, 0.15) is 0 Å². The van der Waals surface area contributed by atoms with Crippen molar-refractivity contribution in [1.82, 2.24) is 19.7 Å². The van der Waals surface area contributed by atoms with E-state index in [4.69, 9.17) is 4.98 Å². The lowest BCUT2D eigenvalue weighted by molar-refractivity contribution is 0.590. The fraction of sp³-hybridized carbons (Fsp3) is 0. The zero-order valence-electron chi connectivity index (χ0n) is 15.8. The highest BCUT2D eigenvalue weighted by Gasteiger charge is 2.21. The first-order valence-corrected chi connectivity index (χ1v) is 10.8. The van der Waals surface area contributed by atoms with E-state index in [1.54, 1.807) is 36.4 Å². The molecule has 0 spiro atoms. The molecule has 0 saturated carbocycles. The molecule has 0 aliphatic rings. The van der Waals surface area contributed by atoms with Gasteiger partial charge in [-0.1, -0.05) is 60.7 Å². The van der Waals surface area contributed by atoms with Crippen LogP contribution in [0.4, 0.5) is 0 Å². The Morgan fingerprint density at radius 3 is 2.03 bits per heavy atom. The molecule has 5 rings (SSSR count). The summed E-state index contributed by atoms with van der Waals surface area (Å²) in [6, 6.07) is 28.9. The third kappa shape index (κ3) is 3.05. The van der Waals surface area contributed by atoms with Gasteiger partial charge in [0, 0.05) is 5.56 Å². The molecule has 30 heavy (non-hydrogen) atoms. The first-order valence-electron chi connectivity index (χ1n) is 9.32. The highest BCUT2D eigenvalue weighted by molar-refractivity contribution is 7.91. The van der Waals surface area contributed by atoms with E-state index in [0.717, 1.165) is 16.6 Å². The van der Waals surface area contributed by atoms with Crippen molar-refractivity contribution in [2.24, 2.45) is 0 Å². The third-order valence-electron chi connectivity index (χ3n) is 4.78. The van der Waals surface area contributed by atoms with E-state index in [2.05, 4.69) is 10.2 Å². The van der Waals surface area contributed by atoms with E-state index in [1.165, 1.54) is 6.07 Å². The molecule has 6 nitrogen and oxygen atoms in total. The van der Waals surface area contributed by atoms with Crippen LogP contribution in [0.2, 0.25) is 0 Å². The summed E-state index contributed by atoms with van der Waals surface area (Å²) in [6.45, 7) is 0. The fourth-order valence-electron chi connectivity index (χ4n) is 3.33. The van der Waals surface area contributed by atoms with E-state index in [-0.39, 0.29) is 9.92 Å². The number of fused-ring (bicyclic) bond motifs is 1. The van der Waals surface area contributed by atoms with Crippen LogP contribution >= 0.6 is 0 Å². The van der Waals surface area contributed by atoms with Crippen LogP contribution in [0.5, 0.6) is 0 Å². The first-order chi connectivity index (χ1) is 14.6. The second-order valence-electron chi connectivity index (χ2n) is 6.67. The number of aromatic nitrogens is 4. The maximum Gasteiger partial charge on any atom is 0.225 e. The number of para-hydroxylation sites is 2. The van der Waals surface area contributed by atoms with Gasteiger partial charge in [0.1, 0.15) is 5.82 Å². The standard InChI is InChI=1S/C23H16N4O2S/c28-30(29,18-11-5-2-6-12-18)22-16-15-21(25-26-22)27-20-14-8-7-13-19(20)24-23(27)17-9-3-1-4-10-17/h1-16H. The van der Waals surface area contributed by atoms with Gasteiger partial charge in [-0.25, -0.2) is 13.4 Å². The summed E-state index contributed by atoms with van der Waals surface area (Å²) < 4.78 is 27.5. The second kappa shape index (κ2) is 7.20. The summed E-state index contributed by atoms with van der Waals surface area (Å²) in [6.07, 6.45) is 0. The smallest absolute Gasteiger partial charge is 0.225 e. The molecular weight excluding hydrogens is 396 g/mol. The molecule has 3 aromatic carbocycles. The van der Waals surface area contributed by atoms with Gasteiger partial charge >= 0.3 is 0 Å². The van der Waals surface area contributed by atoms with Gasteiger partial charge < -0.3 is 0 Å². The van der Waals surface area contributed by atoms with E-state index in [9.17, 15) is 8.42 Å². The molecule has 7 heteroatoms. The van der Waals surface area contributed by atoms with Crippen LogP contribution < -0.4 is 0 Å². The predicted molar refractivity (Wildman–Crippen MR) is 114 cm³/mol. The highest BCUT2D eigenvalue weighted by Crippen LogP contribution is 2.28. The van der Waals surface area contributed by atoms with Gasteiger partial charge in [-0.3, -0.25) is 4.57 Å². The summed E-state index contributed by atoms with van der Waals surface area (Å²) >= 11 is 0. The van der Waals surface area contributed by atoms with E-state index in [0.29, 0.717) is 11.6 Å². The van der Waals surface area contributed by atoms with Crippen molar-refractivity contribution in [2.45, 2.75) is 9.92 Å². The normalized spacial score (nSPS) is 11.6. The predicted octanol–water partition coefficient (Wildman–Crippen LogP) is 4.32. The molecule has 0 aliphatic heterocycles. The topological polar surface area (TPSA) is 77.7 Å². The van der Waals surface area contributed by atoms with Gasteiger partial charge in [0.15, 0.2) is 10.8 Å². The molecule has 5 aromatic rings. The Morgan fingerprint density at radius 1 is 0.667 bits per heavy atom. The van der Waals surface area contributed by atoms with Crippen LogP contribution in [-0.2, 0) is 9.84 Å². The average molecular weight is 412 g/mol. The van der Waals surface area contributed by atoms with Gasteiger partial charge in [-0.05, 0) is 36.4 Å². The number of sulfone groups is 1. The molecule has 0 fully saturated rings. The van der Waals surface area contributed by atoms with E-state index in [1.807, 2.05) is 59.2 Å². The number of rotatable bonds is 4. The largest absolute Gasteiger partial charge is 0.275 e. The van der Waals surface area contributed by atoms with Gasteiger partial charge in [0.05, 0.1) is 15.9 Å². The quantitative estimate of drug-likeness (QED) is 0.439. The Bertz CT molecular complexity index is 1430. The van der Waals surface area contributed by atoms with Crippen LogP contribution in [0, 0.1) is 0 Å². The SMILES string of the molecule is O=S(=O)(c1ccccc1)c1ccc(-n2c(-c3ccccc3)nc3ccccc32)nn1. The number of hydrogen-bond donors (Lipinski definition) is 0. The van der Waals surface area contributed by atoms with Crippen molar-refractivity contribution in [2.75, 3.05) is 0 Å². The van der Waals surface area contributed by atoms with E-state index < -0.39 is 9.84 Å². The van der Waals surface area contributed by atoms with Crippen molar-refractivity contribution < 1.29 is 8.42 Å². The lowest BCUT2D eigenvalue weighted by atomic mass is 10.2. The number of imidazole rings is 1. The Hall–Kier alpha value is -3.84. The Labute approximate surface area is 173 Å². The minimum absolute atomic E-state index is 0.0943. The molecular formula is C23H16N4O2S. The Balaban J connectivity index is 1.65. The fourth-order valence-corrected chi connectivity index (χ4v) is 4.49. The van der Waals surface area contributed by atoms with Crippen molar-refractivity contribution in [3.63, 3.8) is 0 Å². The van der Waals surface area contributed by atoms with Crippen LogP contribution in [-0.4, -0.2) is 28.2 Å². The molecule has 2 aromatic heterocycles. The molecule has 0 amide bonds. The summed E-state index contributed by atoms with van der Waals surface area (Å²) in [5, 5.41) is 8.19. The Kier molecular flexibility index (Phi) is 4.37. The van der Waals surface area contributed by atoms with Crippen LogP contribution in [0.15, 0.2) is 107 Å². The first kappa shape index (κ1) is 18.2. The average Bonchev–Trinajstić information content (AvgIpc) is 3.20. The van der Waals surface area contributed by atoms with Gasteiger partial charge in [-0.2, -0.15) is 0 Å². The van der Waals surface area contributed by atoms with Crippen LogP contribution in [0.3, 0.4) is 0 Å². The number of nitrogens with zero attached hydrogens (tertiary/aromatic N) is 4. The maximum atomic E-state index is 12.8. The second-order valence-corrected chi connectivity index (χ2v) is 8.57.